The number of aliphatic carboxylic acids is 1. The lowest BCUT2D eigenvalue weighted by atomic mass is 9.95. The van der Waals surface area contributed by atoms with E-state index in [9.17, 15) is 14.7 Å². The van der Waals surface area contributed by atoms with E-state index in [2.05, 4.69) is 37.2 Å². The summed E-state index contributed by atoms with van der Waals surface area (Å²) in [4.78, 5) is 23.8. The highest BCUT2D eigenvalue weighted by atomic mass is 79.9. The summed E-state index contributed by atoms with van der Waals surface area (Å²) in [6, 6.07) is 14.8. The van der Waals surface area contributed by atoms with Crippen molar-refractivity contribution in [2.75, 3.05) is 0 Å². The third kappa shape index (κ3) is 5.97. The minimum absolute atomic E-state index is 0.0529. The summed E-state index contributed by atoms with van der Waals surface area (Å²) in [7, 11) is 0. The molecule has 0 aliphatic rings. The van der Waals surface area contributed by atoms with Crippen LogP contribution in [0.1, 0.15) is 30.5 Å². The number of nitrogens with one attached hydrogen (secondary N) is 1. The zero-order valence-corrected chi connectivity index (χ0v) is 16.9. The molecule has 0 saturated carbocycles. The molecule has 1 amide bonds. The number of hydrogen-bond donors (Lipinski definition) is 2. The van der Waals surface area contributed by atoms with Crippen LogP contribution >= 0.6 is 31.9 Å². The Morgan fingerprint density at radius 2 is 1.80 bits per heavy atom. The second-order valence-corrected chi connectivity index (χ2v) is 7.65. The van der Waals surface area contributed by atoms with Gasteiger partial charge in [-0.3, -0.25) is 9.59 Å². The van der Waals surface area contributed by atoms with Gasteiger partial charge >= 0.3 is 5.97 Å². The first-order valence-electron chi connectivity index (χ1n) is 7.88. The van der Waals surface area contributed by atoms with Gasteiger partial charge in [-0.1, -0.05) is 68.3 Å². The lowest BCUT2D eigenvalue weighted by molar-refractivity contribution is -0.144. The van der Waals surface area contributed by atoms with Crippen LogP contribution in [0.3, 0.4) is 0 Å². The van der Waals surface area contributed by atoms with Crippen LogP contribution in [0, 0.1) is 5.92 Å². The second kappa shape index (κ2) is 9.15. The third-order valence-electron chi connectivity index (χ3n) is 3.91. The van der Waals surface area contributed by atoms with Gasteiger partial charge in [0.2, 0.25) is 5.91 Å². The van der Waals surface area contributed by atoms with E-state index in [1.165, 1.54) is 0 Å². The Bertz CT molecular complexity index is 750. The molecule has 0 saturated heterocycles. The molecule has 0 bridgehead atoms. The molecular weight excluding hydrogens is 450 g/mol. The first kappa shape index (κ1) is 19.7. The Labute approximate surface area is 163 Å². The molecule has 2 N–H and O–H groups in total. The number of carboxylic acids is 1. The van der Waals surface area contributed by atoms with E-state index >= 15 is 0 Å². The van der Waals surface area contributed by atoms with Gasteiger partial charge < -0.3 is 10.4 Å². The molecule has 0 aromatic heterocycles. The van der Waals surface area contributed by atoms with Crippen LogP contribution in [0.15, 0.2) is 57.5 Å². The van der Waals surface area contributed by atoms with Crippen molar-refractivity contribution in [3.05, 3.63) is 68.6 Å². The monoisotopic (exact) mass is 467 g/mol. The van der Waals surface area contributed by atoms with Gasteiger partial charge in [0.25, 0.3) is 0 Å². The van der Waals surface area contributed by atoms with Crippen molar-refractivity contribution in [1.29, 1.82) is 0 Å². The first-order valence-corrected chi connectivity index (χ1v) is 9.46. The van der Waals surface area contributed by atoms with E-state index in [0.29, 0.717) is 6.42 Å². The quantitative estimate of drug-likeness (QED) is 0.617. The van der Waals surface area contributed by atoms with Crippen molar-refractivity contribution >= 4 is 43.7 Å². The average Bonchev–Trinajstić information content (AvgIpc) is 2.54. The molecule has 2 atom stereocenters. The Morgan fingerprint density at radius 3 is 2.40 bits per heavy atom. The molecule has 0 aliphatic carbocycles. The molecule has 0 spiro atoms. The second-order valence-electron chi connectivity index (χ2n) is 5.88. The fraction of sp³-hybridized carbons (Fsp3) is 0.263. The van der Waals surface area contributed by atoms with Gasteiger partial charge in [0, 0.05) is 15.4 Å². The van der Waals surface area contributed by atoms with Gasteiger partial charge in [-0.2, -0.15) is 0 Å². The molecule has 2 unspecified atom stereocenters. The molecule has 6 heteroatoms. The summed E-state index contributed by atoms with van der Waals surface area (Å²) < 4.78 is 1.82. The third-order valence-corrected chi connectivity index (χ3v) is 5.09. The van der Waals surface area contributed by atoms with E-state index in [0.717, 1.165) is 20.1 Å². The minimum Gasteiger partial charge on any atom is -0.481 e. The predicted molar refractivity (Wildman–Crippen MR) is 104 cm³/mol. The van der Waals surface area contributed by atoms with E-state index < -0.39 is 11.9 Å². The van der Waals surface area contributed by atoms with Crippen molar-refractivity contribution in [1.82, 2.24) is 5.32 Å². The summed E-state index contributed by atoms with van der Waals surface area (Å²) in [5.41, 5.74) is 1.85. The van der Waals surface area contributed by atoms with Crippen LogP contribution in [-0.4, -0.2) is 17.0 Å². The fourth-order valence-corrected chi connectivity index (χ4v) is 3.99. The predicted octanol–water partition coefficient (Wildman–Crippen LogP) is 4.72. The highest BCUT2D eigenvalue weighted by Crippen LogP contribution is 2.27. The van der Waals surface area contributed by atoms with Crippen LogP contribution in [0.2, 0.25) is 0 Å². The molecule has 0 radical (unpaired) electrons. The summed E-state index contributed by atoms with van der Waals surface area (Å²) in [5, 5.41) is 12.3. The van der Waals surface area contributed by atoms with Gasteiger partial charge in [-0.15, -0.1) is 0 Å². The summed E-state index contributed by atoms with van der Waals surface area (Å²) in [6.45, 7) is 1.87. The lowest BCUT2D eigenvalue weighted by Gasteiger charge is -2.18. The number of hydrogen-bond acceptors (Lipinski definition) is 2. The number of carboxylic acid groups (broad SMARTS) is 1. The summed E-state index contributed by atoms with van der Waals surface area (Å²) in [5.74, 6) is -1.98. The van der Waals surface area contributed by atoms with E-state index in [-0.39, 0.29) is 18.4 Å². The van der Waals surface area contributed by atoms with Crippen LogP contribution in [-0.2, 0) is 16.0 Å². The molecule has 0 heterocycles. The molecule has 0 fully saturated rings. The van der Waals surface area contributed by atoms with Gasteiger partial charge in [-0.05, 0) is 36.6 Å². The van der Waals surface area contributed by atoms with E-state index in [1.54, 1.807) is 0 Å². The van der Waals surface area contributed by atoms with Crippen molar-refractivity contribution in [2.45, 2.75) is 25.8 Å². The van der Waals surface area contributed by atoms with Crippen molar-refractivity contribution in [2.24, 2.45) is 5.92 Å². The van der Waals surface area contributed by atoms with E-state index in [1.807, 2.05) is 55.5 Å². The maximum atomic E-state index is 12.3. The lowest BCUT2D eigenvalue weighted by Crippen LogP contribution is -2.31. The van der Waals surface area contributed by atoms with Crippen molar-refractivity contribution in [3.63, 3.8) is 0 Å². The fourth-order valence-electron chi connectivity index (χ4n) is 2.60. The standard InChI is InChI=1S/C19H19Br2NO3/c1-12(16-8-7-15(20)11-17(16)21)22-18(23)10-14(19(24)25)9-13-5-3-2-4-6-13/h2-8,11-12,14H,9-10H2,1H3,(H,22,23)(H,24,25). The van der Waals surface area contributed by atoms with Crippen LogP contribution in [0.25, 0.3) is 0 Å². The molecule has 2 aromatic rings. The molecule has 2 aromatic carbocycles. The molecule has 0 aliphatic heterocycles. The van der Waals surface area contributed by atoms with Crippen molar-refractivity contribution < 1.29 is 14.7 Å². The number of halogens is 2. The Hall–Kier alpha value is -1.66. The highest BCUT2D eigenvalue weighted by Gasteiger charge is 2.23. The molecule has 132 valence electrons. The van der Waals surface area contributed by atoms with Gasteiger partial charge in [0.15, 0.2) is 0 Å². The number of rotatable bonds is 7. The summed E-state index contributed by atoms with van der Waals surface area (Å²) in [6.07, 6.45) is 0.280. The minimum atomic E-state index is -0.962. The summed E-state index contributed by atoms with van der Waals surface area (Å²) >= 11 is 6.87. The van der Waals surface area contributed by atoms with Gasteiger partial charge in [0.05, 0.1) is 12.0 Å². The van der Waals surface area contributed by atoms with Crippen molar-refractivity contribution in [3.8, 4) is 0 Å². The van der Waals surface area contributed by atoms with Gasteiger partial charge in [-0.25, -0.2) is 0 Å². The number of carbonyl (C=O) groups is 2. The highest BCUT2D eigenvalue weighted by molar-refractivity contribution is 9.11. The van der Waals surface area contributed by atoms with Gasteiger partial charge in [0.1, 0.15) is 0 Å². The maximum Gasteiger partial charge on any atom is 0.307 e. The molecule has 2 rings (SSSR count). The Balaban J connectivity index is 2.00. The Kier molecular flexibility index (Phi) is 7.20. The largest absolute Gasteiger partial charge is 0.481 e. The maximum absolute atomic E-state index is 12.3. The molecular formula is C19H19Br2NO3. The normalized spacial score (nSPS) is 13.1. The first-order chi connectivity index (χ1) is 11.9. The molecule has 25 heavy (non-hydrogen) atoms. The smallest absolute Gasteiger partial charge is 0.307 e. The zero-order valence-electron chi connectivity index (χ0n) is 13.7. The van der Waals surface area contributed by atoms with E-state index in [4.69, 9.17) is 0 Å². The number of carbonyl (C=O) groups excluding carboxylic acids is 1. The Morgan fingerprint density at radius 1 is 1.12 bits per heavy atom. The number of benzene rings is 2. The van der Waals surface area contributed by atoms with Crippen LogP contribution in [0.5, 0.6) is 0 Å². The van der Waals surface area contributed by atoms with Crippen LogP contribution < -0.4 is 5.32 Å². The zero-order chi connectivity index (χ0) is 18.4. The van der Waals surface area contributed by atoms with Crippen LogP contribution in [0.4, 0.5) is 0 Å². The molecule has 4 nitrogen and oxygen atoms in total. The average molecular weight is 469 g/mol. The SMILES string of the molecule is CC(NC(=O)CC(Cc1ccccc1)C(=O)O)c1ccc(Br)cc1Br. The number of amides is 1. The topological polar surface area (TPSA) is 66.4 Å².